The van der Waals surface area contributed by atoms with Crippen LogP contribution in [0.2, 0.25) is 0 Å². The summed E-state index contributed by atoms with van der Waals surface area (Å²) in [5.41, 5.74) is 17.3. The summed E-state index contributed by atoms with van der Waals surface area (Å²) in [6.45, 7) is 0. The van der Waals surface area contributed by atoms with Gasteiger partial charge in [-0.1, -0.05) is 121 Å². The molecule has 56 heavy (non-hydrogen) atoms. The Labute approximate surface area is 433 Å². The molecule has 2 aliphatic rings. The molecule has 2 aliphatic heterocycles. The Hall–Kier alpha value is -2.10. The quantitative estimate of drug-likeness (QED) is 0.165. The second kappa shape index (κ2) is 23.5. The summed E-state index contributed by atoms with van der Waals surface area (Å²) in [4.78, 5) is 15.4. The first kappa shape index (κ1) is 51.9. The van der Waals surface area contributed by atoms with Gasteiger partial charge >= 0.3 is 0 Å². The van der Waals surface area contributed by atoms with Crippen molar-refractivity contribution in [1.82, 2.24) is 9.97 Å². The van der Waals surface area contributed by atoms with Crippen molar-refractivity contribution in [2.75, 3.05) is 0 Å². The summed E-state index contributed by atoms with van der Waals surface area (Å²) < 4.78 is 0. The van der Waals surface area contributed by atoms with Crippen LogP contribution in [0.1, 0.15) is 22.8 Å². The van der Waals surface area contributed by atoms with Crippen LogP contribution in [-0.4, -0.2) is 9.97 Å². The molecule has 0 spiro atoms. The number of benzene rings is 4. The van der Waals surface area contributed by atoms with Gasteiger partial charge in [-0.3, -0.25) is 0 Å². The zero-order chi connectivity index (χ0) is 31.9. The second-order valence-corrected chi connectivity index (χ2v) is 12.1. The molecule has 8 heteroatoms. The number of H-pyrrole nitrogens is 4. The average Bonchev–Trinajstić information content (AvgIpc) is 3.98. The molecule has 0 saturated carbocycles. The number of aromatic amines is 4. The van der Waals surface area contributed by atoms with E-state index in [1.165, 1.54) is 0 Å². The third-order valence-electron chi connectivity index (χ3n) is 9.15. The summed E-state index contributed by atoms with van der Waals surface area (Å²) >= 11 is 0. The molecule has 0 atom stereocenters. The molecule has 0 fully saturated rings. The van der Waals surface area contributed by atoms with Crippen molar-refractivity contribution in [2.24, 2.45) is 0 Å². The number of hydrogen-bond donors (Lipinski definition) is 2. The first-order valence-electron chi connectivity index (χ1n) is 16.3. The summed E-state index contributed by atoms with van der Waals surface area (Å²) in [5, 5.41) is 0. The van der Waals surface area contributed by atoms with E-state index in [0.29, 0.717) is 0 Å². The Kier molecular flexibility index (Phi) is 21.8. The normalized spacial score (nSPS) is 10.3. The standard InChI is InChI=1S/C44H30N4.4CH3.4Y/c1-5-13-29(14-6-1)41-33-21-23-35(45-33)42(30-15-7-2-8-16-30)37-25-27-39(47-37)44(32-19-11-4-12-20-32)40-28-26-38(48-40)43(31-17-9-3-10-18-31)36-24-22-34(41)46-36;;;;;;;;/h1-28,45,48H;4*1H3;;;;/q;4*-1;;;;/p+2. The molecule has 9 rings (SSSR count). The van der Waals surface area contributed by atoms with Crippen molar-refractivity contribution in [3.63, 3.8) is 0 Å². The van der Waals surface area contributed by atoms with E-state index in [2.05, 4.69) is 190 Å². The summed E-state index contributed by atoms with van der Waals surface area (Å²) in [6.07, 6.45) is 8.79. The molecule has 4 aromatic carbocycles. The van der Waals surface area contributed by atoms with Gasteiger partial charge in [-0.2, -0.15) is 0 Å². The molecule has 3 aromatic heterocycles. The fraction of sp³-hybridized carbons (Fsp3) is 0. The summed E-state index contributed by atoms with van der Waals surface area (Å²) in [7, 11) is 0. The number of aromatic nitrogens is 4. The van der Waals surface area contributed by atoms with Crippen molar-refractivity contribution in [1.29, 1.82) is 0 Å². The third kappa shape index (κ3) is 10.4. The minimum Gasteiger partial charge on any atom is -0.358 e. The minimum atomic E-state index is 0. The van der Waals surface area contributed by atoms with Crippen molar-refractivity contribution >= 4 is 46.4 Å². The van der Waals surface area contributed by atoms with Gasteiger partial charge in [0.2, 0.25) is 22.8 Å². The van der Waals surface area contributed by atoms with Gasteiger partial charge in [-0.25, -0.2) is 9.97 Å². The van der Waals surface area contributed by atoms with Crippen LogP contribution in [0.4, 0.5) is 0 Å². The van der Waals surface area contributed by atoms with Crippen molar-refractivity contribution in [3.8, 4) is 44.5 Å². The first-order chi connectivity index (χ1) is 23.8. The molecule has 0 saturated heterocycles. The Balaban J connectivity index is 0.00000196. The van der Waals surface area contributed by atoms with Gasteiger partial charge < -0.3 is 39.7 Å². The maximum absolute atomic E-state index is 3.84. The maximum atomic E-state index is 3.84. The van der Waals surface area contributed by atoms with E-state index in [0.717, 1.165) is 89.4 Å². The Morgan fingerprint density at radius 2 is 0.464 bits per heavy atom. The molecule has 0 unspecified atom stereocenters. The predicted molar refractivity (Wildman–Crippen MR) is 224 cm³/mol. The van der Waals surface area contributed by atoms with Gasteiger partial charge in [-0.15, -0.1) is 0 Å². The van der Waals surface area contributed by atoms with Gasteiger partial charge in [-0.05, 0) is 46.5 Å². The molecule has 8 bridgehead atoms. The van der Waals surface area contributed by atoms with Gasteiger partial charge in [0.25, 0.3) is 0 Å². The third-order valence-corrected chi connectivity index (χ3v) is 9.15. The van der Waals surface area contributed by atoms with Crippen LogP contribution in [-0.2, 0) is 131 Å². The zero-order valence-electron chi connectivity index (χ0n) is 32.5. The molecule has 4 radical (unpaired) electrons. The molecule has 4 N–H and O–H groups in total. The van der Waals surface area contributed by atoms with Crippen molar-refractivity contribution in [3.05, 3.63) is 198 Å². The largest absolute Gasteiger partial charge is 0.358 e. The fourth-order valence-electron chi connectivity index (χ4n) is 6.99. The maximum Gasteiger partial charge on any atom is 0.214 e. The molecule has 4 nitrogen and oxygen atoms in total. The average molecular weight is 1030 g/mol. The van der Waals surface area contributed by atoms with Gasteiger partial charge in [0, 0.05) is 155 Å². The Morgan fingerprint density at radius 1 is 0.268 bits per heavy atom. The molecule has 5 heterocycles. The van der Waals surface area contributed by atoms with E-state index in [-0.39, 0.29) is 161 Å². The SMILES string of the molecule is C1=Cc2[nH+]c1c(-c1ccccc1)c1ccc([nH]1)c(-c1ccccc1)c1[nH+]c(c(-c3ccccc3)c3ccc([nH]3)c2-c2ccccc2)C=C1.[CH3-].[CH3-].[CH3-].[CH3-].[Y].[Y].[Y].[Y]. The monoisotopic (exact) mass is 1030 g/mol. The van der Waals surface area contributed by atoms with Crippen LogP contribution >= 0.6 is 0 Å². The van der Waals surface area contributed by atoms with Crippen molar-refractivity contribution in [2.45, 2.75) is 0 Å². The van der Waals surface area contributed by atoms with Gasteiger partial charge in [0.05, 0.1) is 44.3 Å². The topological polar surface area (TPSA) is 59.9 Å². The zero-order valence-corrected chi connectivity index (χ0v) is 43.8. The first-order valence-corrected chi connectivity index (χ1v) is 16.3. The van der Waals surface area contributed by atoms with E-state index in [4.69, 9.17) is 0 Å². The van der Waals surface area contributed by atoms with Crippen molar-refractivity contribution < 1.29 is 141 Å². The fourth-order valence-corrected chi connectivity index (χ4v) is 6.99. The smallest absolute Gasteiger partial charge is 0.214 e. The second-order valence-electron chi connectivity index (χ2n) is 12.1. The Morgan fingerprint density at radius 3 is 0.661 bits per heavy atom. The van der Waals surface area contributed by atoms with E-state index in [1.807, 2.05) is 0 Å². The number of nitrogens with one attached hydrogen (secondary N) is 4. The molecule has 270 valence electrons. The van der Waals surface area contributed by atoms with Gasteiger partial charge in [0.15, 0.2) is 0 Å². The van der Waals surface area contributed by atoms with Crippen LogP contribution < -0.4 is 9.97 Å². The van der Waals surface area contributed by atoms with Crippen LogP contribution in [0, 0.1) is 29.7 Å². The van der Waals surface area contributed by atoms with E-state index < -0.39 is 0 Å². The number of fused-ring (bicyclic) bond motifs is 8. The number of rotatable bonds is 4. The van der Waals surface area contributed by atoms with E-state index in [9.17, 15) is 0 Å². The minimum absolute atomic E-state index is 0. The molecule has 0 amide bonds. The summed E-state index contributed by atoms with van der Waals surface area (Å²) in [5.74, 6) is 0. The van der Waals surface area contributed by atoms with Crippen LogP contribution in [0.15, 0.2) is 146 Å². The Bertz CT molecular complexity index is 2200. The van der Waals surface area contributed by atoms with E-state index >= 15 is 0 Å². The summed E-state index contributed by atoms with van der Waals surface area (Å²) in [6, 6.07) is 51.2. The van der Waals surface area contributed by atoms with Crippen LogP contribution in [0.25, 0.3) is 90.9 Å². The van der Waals surface area contributed by atoms with E-state index in [1.54, 1.807) is 0 Å². The molecule has 0 aliphatic carbocycles. The van der Waals surface area contributed by atoms with Crippen LogP contribution in [0.5, 0.6) is 0 Å². The van der Waals surface area contributed by atoms with Crippen LogP contribution in [0.3, 0.4) is 0 Å². The molecular weight excluding hydrogens is 988 g/mol. The molecular formula is C48H44N4Y4-2. The number of hydrogen-bond acceptors (Lipinski definition) is 0. The predicted octanol–water partition coefficient (Wildman–Crippen LogP) is 12.0. The molecule has 7 aromatic rings. The van der Waals surface area contributed by atoms with Gasteiger partial charge in [0.1, 0.15) is 0 Å².